The van der Waals surface area contributed by atoms with Crippen molar-refractivity contribution in [3.63, 3.8) is 0 Å². The number of rotatable bonds is 6. The average Bonchev–Trinajstić information content (AvgIpc) is 2.71. The summed E-state index contributed by atoms with van der Waals surface area (Å²) in [6, 6.07) is 11.0. The monoisotopic (exact) mass is 398 g/mol. The van der Waals surface area contributed by atoms with Crippen LogP contribution in [-0.2, 0) is 9.53 Å². The maximum Gasteiger partial charge on any atom is 0.253 e. The molecule has 1 heterocycles. The Balaban J connectivity index is 1.65. The normalized spacial score (nSPS) is 16.5. The zero-order chi connectivity index (χ0) is 21.0. The van der Waals surface area contributed by atoms with Gasteiger partial charge in [-0.15, -0.1) is 0 Å². The highest BCUT2D eigenvalue weighted by Crippen LogP contribution is 2.27. The van der Waals surface area contributed by atoms with Crippen LogP contribution in [0.25, 0.3) is 0 Å². The van der Waals surface area contributed by atoms with Gasteiger partial charge in [0, 0.05) is 17.8 Å². The first-order valence-corrected chi connectivity index (χ1v) is 9.41. The summed E-state index contributed by atoms with van der Waals surface area (Å²) in [5, 5.41) is 2.87. The Kier molecular flexibility index (Phi) is 6.39. The second-order valence-electron chi connectivity index (χ2n) is 7.06. The van der Waals surface area contributed by atoms with E-state index in [1.165, 1.54) is 7.11 Å². The van der Waals surface area contributed by atoms with E-state index in [0.29, 0.717) is 30.2 Å². The number of hydrogen-bond acceptors (Lipinski definition) is 5. The summed E-state index contributed by atoms with van der Waals surface area (Å²) in [5.41, 5.74) is 3.50. The largest absolute Gasteiger partial charge is 0.493 e. The van der Waals surface area contributed by atoms with Crippen molar-refractivity contribution in [2.24, 2.45) is 0 Å². The number of methoxy groups -OCH3 is 2. The van der Waals surface area contributed by atoms with Crippen LogP contribution in [0.2, 0.25) is 0 Å². The fourth-order valence-electron chi connectivity index (χ4n) is 3.39. The number of nitrogens with one attached hydrogen (secondary N) is 1. The van der Waals surface area contributed by atoms with E-state index in [-0.39, 0.29) is 24.5 Å². The van der Waals surface area contributed by atoms with Gasteiger partial charge in [0.15, 0.2) is 11.5 Å². The quantitative estimate of drug-likeness (QED) is 0.809. The molecule has 2 amide bonds. The van der Waals surface area contributed by atoms with Crippen LogP contribution in [-0.4, -0.2) is 51.8 Å². The lowest BCUT2D eigenvalue weighted by Gasteiger charge is -2.33. The number of nitrogens with zero attached hydrogens (tertiary/aromatic N) is 1. The summed E-state index contributed by atoms with van der Waals surface area (Å²) in [4.78, 5) is 26.6. The van der Waals surface area contributed by atoms with E-state index in [1.807, 2.05) is 26.0 Å². The van der Waals surface area contributed by atoms with Crippen molar-refractivity contribution in [2.45, 2.75) is 20.0 Å². The smallest absolute Gasteiger partial charge is 0.253 e. The molecule has 0 spiro atoms. The number of ether oxygens (including phenoxy) is 3. The Bertz CT molecular complexity index is 892. The van der Waals surface area contributed by atoms with Gasteiger partial charge in [0.25, 0.3) is 11.8 Å². The minimum atomic E-state index is -0.294. The zero-order valence-corrected chi connectivity index (χ0v) is 17.2. The van der Waals surface area contributed by atoms with Crippen LogP contribution in [0, 0.1) is 13.8 Å². The van der Waals surface area contributed by atoms with E-state index in [4.69, 9.17) is 14.2 Å². The summed E-state index contributed by atoms with van der Waals surface area (Å²) >= 11 is 0. The highest BCUT2D eigenvalue weighted by molar-refractivity contribution is 5.96. The van der Waals surface area contributed by atoms with Crippen molar-refractivity contribution < 1.29 is 23.8 Å². The maximum absolute atomic E-state index is 12.5. The molecule has 2 aromatic carbocycles. The standard InChI is InChI=1S/C22H26N2O5/c1-14-7-15(2)9-17(8-14)24-12-18(29-13-21(24)25)11-23-22(26)16-5-6-19(27-3)20(10-16)28-4/h5-10,18H,11-13H2,1-4H3,(H,23,26). The number of carbonyl (C=O) groups excluding carboxylic acids is 2. The van der Waals surface area contributed by atoms with E-state index < -0.39 is 0 Å². The van der Waals surface area contributed by atoms with Crippen molar-refractivity contribution in [3.05, 3.63) is 53.1 Å². The minimum absolute atomic E-state index is 0.0100. The number of aryl methyl sites for hydroxylation is 2. The number of anilines is 1. The number of benzene rings is 2. The van der Waals surface area contributed by atoms with Crippen LogP contribution in [0.4, 0.5) is 5.69 Å². The minimum Gasteiger partial charge on any atom is -0.493 e. The Morgan fingerprint density at radius 2 is 1.79 bits per heavy atom. The van der Waals surface area contributed by atoms with Gasteiger partial charge in [0.2, 0.25) is 0 Å². The number of carbonyl (C=O) groups is 2. The lowest BCUT2D eigenvalue weighted by atomic mass is 10.1. The van der Waals surface area contributed by atoms with E-state index in [2.05, 4.69) is 11.4 Å². The molecule has 7 nitrogen and oxygen atoms in total. The molecule has 1 atom stereocenters. The Labute approximate surface area is 170 Å². The van der Waals surface area contributed by atoms with Gasteiger partial charge in [-0.05, 0) is 55.3 Å². The SMILES string of the molecule is COc1ccc(C(=O)NCC2CN(c3cc(C)cc(C)c3)C(=O)CO2)cc1OC. The van der Waals surface area contributed by atoms with Crippen LogP contribution < -0.4 is 19.7 Å². The molecule has 2 aromatic rings. The van der Waals surface area contributed by atoms with Crippen molar-refractivity contribution in [2.75, 3.05) is 38.8 Å². The molecule has 29 heavy (non-hydrogen) atoms. The molecule has 0 radical (unpaired) electrons. The van der Waals surface area contributed by atoms with Gasteiger partial charge in [0.1, 0.15) is 6.61 Å². The fraction of sp³-hybridized carbons (Fsp3) is 0.364. The second-order valence-corrected chi connectivity index (χ2v) is 7.06. The van der Waals surface area contributed by atoms with Crippen LogP contribution in [0.5, 0.6) is 11.5 Å². The van der Waals surface area contributed by atoms with Crippen molar-refractivity contribution in [3.8, 4) is 11.5 Å². The molecule has 3 rings (SSSR count). The molecule has 0 bridgehead atoms. The molecule has 1 N–H and O–H groups in total. The van der Waals surface area contributed by atoms with Crippen LogP contribution >= 0.6 is 0 Å². The molecule has 1 unspecified atom stereocenters. The van der Waals surface area contributed by atoms with Gasteiger partial charge >= 0.3 is 0 Å². The Morgan fingerprint density at radius 1 is 1.10 bits per heavy atom. The van der Waals surface area contributed by atoms with Crippen molar-refractivity contribution >= 4 is 17.5 Å². The number of morpholine rings is 1. The van der Waals surface area contributed by atoms with Gasteiger partial charge in [-0.25, -0.2) is 0 Å². The predicted molar refractivity (Wildman–Crippen MR) is 110 cm³/mol. The molecular weight excluding hydrogens is 372 g/mol. The third-order valence-electron chi connectivity index (χ3n) is 4.78. The van der Waals surface area contributed by atoms with Crippen molar-refractivity contribution in [1.29, 1.82) is 0 Å². The first-order chi connectivity index (χ1) is 13.9. The van der Waals surface area contributed by atoms with Crippen LogP contribution in [0.3, 0.4) is 0 Å². The average molecular weight is 398 g/mol. The lowest BCUT2D eigenvalue weighted by Crippen LogP contribution is -2.50. The molecule has 1 aliphatic rings. The molecule has 0 aromatic heterocycles. The van der Waals surface area contributed by atoms with E-state index in [1.54, 1.807) is 30.2 Å². The number of hydrogen-bond donors (Lipinski definition) is 1. The van der Waals surface area contributed by atoms with Crippen LogP contribution in [0.15, 0.2) is 36.4 Å². The highest BCUT2D eigenvalue weighted by Gasteiger charge is 2.28. The van der Waals surface area contributed by atoms with Gasteiger partial charge in [-0.3, -0.25) is 9.59 Å². The Morgan fingerprint density at radius 3 is 2.45 bits per heavy atom. The molecule has 1 fully saturated rings. The molecule has 7 heteroatoms. The molecule has 1 saturated heterocycles. The van der Waals surface area contributed by atoms with Crippen molar-refractivity contribution in [1.82, 2.24) is 5.32 Å². The molecular formula is C22H26N2O5. The second kappa shape index (κ2) is 8.96. The summed E-state index contributed by atoms with van der Waals surface area (Å²) in [5.74, 6) is 0.713. The molecule has 1 aliphatic heterocycles. The van der Waals surface area contributed by atoms with Gasteiger partial charge in [-0.1, -0.05) is 6.07 Å². The van der Waals surface area contributed by atoms with E-state index in [9.17, 15) is 9.59 Å². The predicted octanol–water partition coefficient (Wildman–Crippen LogP) is 2.48. The maximum atomic E-state index is 12.5. The summed E-state index contributed by atoms with van der Waals surface area (Å²) in [6.45, 7) is 4.67. The van der Waals surface area contributed by atoms with Gasteiger partial charge < -0.3 is 24.4 Å². The summed E-state index contributed by atoms with van der Waals surface area (Å²) in [6.07, 6.45) is -0.294. The third-order valence-corrected chi connectivity index (χ3v) is 4.78. The highest BCUT2D eigenvalue weighted by atomic mass is 16.5. The topological polar surface area (TPSA) is 77.1 Å². The first-order valence-electron chi connectivity index (χ1n) is 9.41. The van der Waals surface area contributed by atoms with Crippen LogP contribution in [0.1, 0.15) is 21.5 Å². The Hall–Kier alpha value is -3.06. The summed E-state index contributed by atoms with van der Waals surface area (Å²) < 4.78 is 16.1. The molecule has 154 valence electrons. The summed E-state index contributed by atoms with van der Waals surface area (Å²) in [7, 11) is 3.06. The number of amides is 2. The first kappa shape index (κ1) is 20.7. The molecule has 0 saturated carbocycles. The lowest BCUT2D eigenvalue weighted by molar-refractivity contribution is -0.129. The van der Waals surface area contributed by atoms with E-state index >= 15 is 0 Å². The third kappa shape index (κ3) is 4.86. The van der Waals surface area contributed by atoms with E-state index in [0.717, 1.165) is 16.8 Å². The molecule has 0 aliphatic carbocycles. The van der Waals surface area contributed by atoms with Gasteiger partial charge in [0.05, 0.1) is 26.9 Å². The fourth-order valence-corrected chi connectivity index (χ4v) is 3.39. The van der Waals surface area contributed by atoms with Gasteiger partial charge in [-0.2, -0.15) is 0 Å². The zero-order valence-electron chi connectivity index (χ0n) is 17.2.